The largest absolute Gasteiger partial charge is 0.482 e. The van der Waals surface area contributed by atoms with Gasteiger partial charge in [-0.3, -0.25) is 19.4 Å². The van der Waals surface area contributed by atoms with Gasteiger partial charge in [-0.1, -0.05) is 56.3 Å². The Morgan fingerprint density at radius 2 is 1.79 bits per heavy atom. The van der Waals surface area contributed by atoms with Crippen LogP contribution in [0.5, 0.6) is 5.75 Å². The maximum absolute atomic E-state index is 12.6. The van der Waals surface area contributed by atoms with E-state index in [4.69, 9.17) is 4.74 Å². The van der Waals surface area contributed by atoms with Crippen LogP contribution in [0.4, 0.5) is 5.69 Å². The van der Waals surface area contributed by atoms with Crippen molar-refractivity contribution in [3.05, 3.63) is 60.2 Å². The van der Waals surface area contributed by atoms with Crippen LogP contribution in [-0.2, 0) is 9.59 Å². The Labute approximate surface area is 166 Å². The number of nitrogens with one attached hydrogen (secondary N) is 1. The minimum absolute atomic E-state index is 0.0149. The summed E-state index contributed by atoms with van der Waals surface area (Å²) >= 11 is 0. The first-order valence-corrected chi connectivity index (χ1v) is 9.71. The molecule has 1 atom stereocenters. The van der Waals surface area contributed by atoms with Crippen LogP contribution in [0.2, 0.25) is 0 Å². The standard InChI is InChI=1S/C22H27N3O3/c1-3-24(4-2)19(17-10-6-5-7-11-17)14-23-21(26)15-25-18-12-8-9-13-20(18)28-16-22(25)27/h5-13,19H,3-4,14-16H2,1-2H3,(H,23,26)/t19-/m1/s1. The molecule has 28 heavy (non-hydrogen) atoms. The number of likely N-dealkylation sites (N-methyl/N-ethyl adjacent to an activating group) is 1. The molecule has 0 radical (unpaired) electrons. The summed E-state index contributed by atoms with van der Waals surface area (Å²) in [7, 11) is 0. The lowest BCUT2D eigenvalue weighted by atomic mass is 10.1. The van der Waals surface area contributed by atoms with Crippen molar-refractivity contribution in [2.24, 2.45) is 0 Å². The van der Waals surface area contributed by atoms with Crippen molar-refractivity contribution in [2.75, 3.05) is 37.7 Å². The fraction of sp³-hybridized carbons (Fsp3) is 0.364. The van der Waals surface area contributed by atoms with E-state index in [-0.39, 0.29) is 31.0 Å². The van der Waals surface area contributed by atoms with Crippen molar-refractivity contribution in [3.63, 3.8) is 0 Å². The molecule has 0 fully saturated rings. The molecule has 0 saturated carbocycles. The Balaban J connectivity index is 1.68. The molecule has 6 nitrogen and oxygen atoms in total. The second kappa shape index (κ2) is 9.37. The molecule has 148 valence electrons. The molecule has 3 rings (SSSR count). The minimum atomic E-state index is -0.211. The van der Waals surface area contributed by atoms with E-state index >= 15 is 0 Å². The van der Waals surface area contributed by atoms with Gasteiger partial charge in [0.15, 0.2) is 6.61 Å². The van der Waals surface area contributed by atoms with Crippen molar-refractivity contribution >= 4 is 17.5 Å². The molecule has 1 heterocycles. The Morgan fingerprint density at radius 1 is 1.11 bits per heavy atom. The summed E-state index contributed by atoms with van der Waals surface area (Å²) in [5.74, 6) is 0.232. The van der Waals surface area contributed by atoms with Crippen LogP contribution in [0, 0.1) is 0 Å². The molecule has 2 amide bonds. The number of nitrogens with zero attached hydrogens (tertiary/aromatic N) is 2. The van der Waals surface area contributed by atoms with E-state index in [2.05, 4.69) is 36.2 Å². The Morgan fingerprint density at radius 3 is 2.50 bits per heavy atom. The number of benzene rings is 2. The monoisotopic (exact) mass is 381 g/mol. The first-order chi connectivity index (χ1) is 13.6. The third-order valence-corrected chi connectivity index (χ3v) is 5.04. The summed E-state index contributed by atoms with van der Waals surface area (Å²) in [6.45, 7) is 6.44. The lowest BCUT2D eigenvalue weighted by molar-refractivity contribution is -0.125. The lowest BCUT2D eigenvalue weighted by Gasteiger charge is -2.31. The topological polar surface area (TPSA) is 61.9 Å². The average molecular weight is 381 g/mol. The number of rotatable bonds is 8. The first-order valence-electron chi connectivity index (χ1n) is 9.71. The average Bonchev–Trinajstić information content (AvgIpc) is 2.74. The Hall–Kier alpha value is -2.86. The van der Waals surface area contributed by atoms with Gasteiger partial charge in [0.25, 0.3) is 5.91 Å². The van der Waals surface area contributed by atoms with Gasteiger partial charge in [-0.2, -0.15) is 0 Å². The molecule has 2 aromatic rings. The molecule has 6 heteroatoms. The number of hydrogen-bond donors (Lipinski definition) is 1. The highest BCUT2D eigenvalue weighted by atomic mass is 16.5. The molecule has 0 spiro atoms. The summed E-state index contributed by atoms with van der Waals surface area (Å²) in [5, 5.41) is 3.01. The molecule has 1 aliphatic rings. The number of carbonyl (C=O) groups excluding carboxylic acids is 2. The van der Waals surface area contributed by atoms with Crippen LogP contribution in [0.1, 0.15) is 25.5 Å². The zero-order chi connectivity index (χ0) is 19.9. The van der Waals surface area contributed by atoms with Crippen LogP contribution in [-0.4, -0.2) is 49.5 Å². The van der Waals surface area contributed by atoms with Crippen molar-refractivity contribution < 1.29 is 14.3 Å². The Kier molecular flexibility index (Phi) is 6.66. The van der Waals surface area contributed by atoms with Gasteiger partial charge < -0.3 is 10.1 Å². The lowest BCUT2D eigenvalue weighted by Crippen LogP contribution is -2.46. The van der Waals surface area contributed by atoms with Crippen LogP contribution in [0.25, 0.3) is 0 Å². The fourth-order valence-electron chi connectivity index (χ4n) is 3.53. The van der Waals surface area contributed by atoms with Crippen molar-refractivity contribution in [1.29, 1.82) is 0 Å². The number of fused-ring (bicyclic) bond motifs is 1. The second-order valence-corrected chi connectivity index (χ2v) is 6.69. The molecule has 0 saturated heterocycles. The van der Waals surface area contributed by atoms with Crippen molar-refractivity contribution in [3.8, 4) is 5.75 Å². The highest BCUT2D eigenvalue weighted by Gasteiger charge is 2.27. The molecule has 1 N–H and O–H groups in total. The van der Waals surface area contributed by atoms with E-state index < -0.39 is 0 Å². The predicted octanol–water partition coefficient (Wildman–Crippen LogP) is 2.61. The van der Waals surface area contributed by atoms with E-state index in [1.165, 1.54) is 10.5 Å². The van der Waals surface area contributed by atoms with Gasteiger partial charge >= 0.3 is 0 Å². The first kappa shape index (κ1) is 19.9. The molecule has 0 aliphatic carbocycles. The fourth-order valence-corrected chi connectivity index (χ4v) is 3.53. The molecule has 1 aliphatic heterocycles. The van der Waals surface area contributed by atoms with Gasteiger partial charge in [0.2, 0.25) is 5.91 Å². The number of ether oxygens (including phenoxy) is 1. The second-order valence-electron chi connectivity index (χ2n) is 6.69. The number of anilines is 1. The maximum Gasteiger partial charge on any atom is 0.265 e. The molecule has 2 aromatic carbocycles. The molecule has 0 unspecified atom stereocenters. The quantitative estimate of drug-likeness (QED) is 0.764. The van der Waals surface area contributed by atoms with Crippen molar-refractivity contribution in [1.82, 2.24) is 10.2 Å². The van der Waals surface area contributed by atoms with Gasteiger partial charge in [-0.05, 0) is 30.8 Å². The summed E-state index contributed by atoms with van der Waals surface area (Å²) in [6, 6.07) is 17.5. The predicted molar refractivity (Wildman–Crippen MR) is 109 cm³/mol. The van der Waals surface area contributed by atoms with Crippen LogP contribution in [0.15, 0.2) is 54.6 Å². The van der Waals surface area contributed by atoms with E-state index in [1.54, 1.807) is 12.1 Å². The third-order valence-electron chi connectivity index (χ3n) is 5.04. The van der Waals surface area contributed by atoms with E-state index in [0.717, 1.165) is 13.1 Å². The van der Waals surface area contributed by atoms with Gasteiger partial charge in [-0.25, -0.2) is 0 Å². The normalized spacial score (nSPS) is 14.4. The summed E-state index contributed by atoms with van der Waals surface area (Å²) in [6.07, 6.45) is 0. The maximum atomic E-state index is 12.6. The van der Waals surface area contributed by atoms with E-state index in [0.29, 0.717) is 18.0 Å². The van der Waals surface area contributed by atoms with Gasteiger partial charge in [0, 0.05) is 6.54 Å². The SMILES string of the molecule is CCN(CC)[C@H](CNC(=O)CN1C(=O)COc2ccccc21)c1ccccc1. The van der Waals surface area contributed by atoms with E-state index in [9.17, 15) is 9.59 Å². The summed E-state index contributed by atoms with van der Waals surface area (Å²) < 4.78 is 5.43. The third kappa shape index (κ3) is 4.51. The van der Waals surface area contributed by atoms with E-state index in [1.807, 2.05) is 30.3 Å². The number of carbonyl (C=O) groups is 2. The minimum Gasteiger partial charge on any atom is -0.482 e. The van der Waals surface area contributed by atoms with Crippen LogP contribution >= 0.6 is 0 Å². The highest BCUT2D eigenvalue weighted by Crippen LogP contribution is 2.31. The molecule has 0 bridgehead atoms. The van der Waals surface area contributed by atoms with Crippen LogP contribution in [0.3, 0.4) is 0 Å². The smallest absolute Gasteiger partial charge is 0.265 e. The molecular formula is C22H27N3O3. The number of hydrogen-bond acceptors (Lipinski definition) is 4. The number of amides is 2. The van der Waals surface area contributed by atoms with Gasteiger partial charge in [0.05, 0.1) is 11.7 Å². The Bertz CT molecular complexity index is 806. The molecular weight excluding hydrogens is 354 g/mol. The van der Waals surface area contributed by atoms with Gasteiger partial charge in [0.1, 0.15) is 12.3 Å². The van der Waals surface area contributed by atoms with Crippen LogP contribution < -0.4 is 15.0 Å². The highest BCUT2D eigenvalue weighted by molar-refractivity contribution is 6.02. The molecule has 0 aromatic heterocycles. The van der Waals surface area contributed by atoms with Gasteiger partial charge in [-0.15, -0.1) is 0 Å². The summed E-state index contributed by atoms with van der Waals surface area (Å²) in [5.41, 5.74) is 1.80. The number of para-hydroxylation sites is 2. The summed E-state index contributed by atoms with van der Waals surface area (Å²) in [4.78, 5) is 28.7. The zero-order valence-corrected chi connectivity index (χ0v) is 16.4. The zero-order valence-electron chi connectivity index (χ0n) is 16.4. The van der Waals surface area contributed by atoms with Crippen molar-refractivity contribution in [2.45, 2.75) is 19.9 Å².